The van der Waals surface area contributed by atoms with E-state index >= 15 is 0 Å². The zero-order valence-corrected chi connectivity index (χ0v) is 10.1. The molecule has 0 amide bonds. The molecule has 3 heteroatoms. The average molecular weight is 223 g/mol. The molecule has 1 saturated heterocycles. The third-order valence-corrected chi connectivity index (χ3v) is 2.85. The molecule has 0 bridgehead atoms. The van der Waals surface area contributed by atoms with Crippen molar-refractivity contribution in [2.75, 3.05) is 13.1 Å². The smallest absolute Gasteiger partial charge is 0.330 e. The van der Waals surface area contributed by atoms with Crippen LogP contribution in [0.15, 0.2) is 23.9 Å². The minimum absolute atomic E-state index is 0.399. The first kappa shape index (κ1) is 12.8. The van der Waals surface area contributed by atoms with Crippen molar-refractivity contribution in [2.24, 2.45) is 5.92 Å². The number of rotatable bonds is 5. The van der Waals surface area contributed by atoms with Gasteiger partial charge in [0.25, 0.3) is 0 Å². The Morgan fingerprint density at radius 3 is 2.56 bits per heavy atom. The maximum Gasteiger partial charge on any atom is 0.330 e. The highest BCUT2D eigenvalue weighted by molar-refractivity contribution is 5.80. The zero-order valence-electron chi connectivity index (χ0n) is 10.1. The summed E-state index contributed by atoms with van der Waals surface area (Å²) in [4.78, 5) is 13.0. The van der Waals surface area contributed by atoms with Crippen molar-refractivity contribution in [3.63, 3.8) is 0 Å². The normalized spacial score (nSPS) is 19.4. The van der Waals surface area contributed by atoms with Crippen LogP contribution < -0.4 is 0 Å². The quantitative estimate of drug-likeness (QED) is 0.575. The van der Waals surface area contributed by atoms with Gasteiger partial charge in [0.1, 0.15) is 0 Å². The molecule has 0 unspecified atom stereocenters. The predicted octanol–water partition coefficient (Wildman–Crippen LogP) is 2.65. The van der Waals surface area contributed by atoms with E-state index < -0.39 is 5.97 Å². The molecule has 1 rings (SSSR count). The van der Waals surface area contributed by atoms with Crippen LogP contribution in [0, 0.1) is 5.92 Å². The van der Waals surface area contributed by atoms with Gasteiger partial charge in [0.2, 0.25) is 0 Å². The number of hydrogen-bond donors (Lipinski definition) is 1. The molecule has 3 nitrogen and oxygen atoms in total. The van der Waals surface area contributed by atoms with Crippen LogP contribution in [0.5, 0.6) is 0 Å². The Morgan fingerprint density at radius 1 is 1.44 bits per heavy atom. The molecule has 16 heavy (non-hydrogen) atoms. The van der Waals surface area contributed by atoms with Crippen molar-refractivity contribution >= 4 is 5.97 Å². The Morgan fingerprint density at radius 2 is 2.06 bits per heavy atom. The van der Waals surface area contributed by atoms with Crippen molar-refractivity contribution in [1.29, 1.82) is 0 Å². The number of carbonyl (C=O) groups is 1. The molecule has 0 aromatic rings. The lowest BCUT2D eigenvalue weighted by Crippen LogP contribution is -2.21. The summed E-state index contributed by atoms with van der Waals surface area (Å²) in [5.74, 6) is -0.439. The van der Waals surface area contributed by atoms with Gasteiger partial charge in [-0.05, 0) is 32.1 Å². The SMILES string of the molecule is C/C=C/[C@@H](C)C/C(=C/C(=O)O)N1CCCC1. The molecule has 0 aliphatic carbocycles. The lowest BCUT2D eigenvalue weighted by atomic mass is 10.0. The summed E-state index contributed by atoms with van der Waals surface area (Å²) in [5, 5.41) is 8.87. The van der Waals surface area contributed by atoms with Gasteiger partial charge in [0.15, 0.2) is 0 Å². The van der Waals surface area contributed by atoms with Crippen LogP contribution in [0.3, 0.4) is 0 Å². The van der Waals surface area contributed by atoms with Gasteiger partial charge < -0.3 is 10.0 Å². The van der Waals surface area contributed by atoms with E-state index in [0.29, 0.717) is 5.92 Å². The lowest BCUT2D eigenvalue weighted by Gasteiger charge is -2.22. The van der Waals surface area contributed by atoms with E-state index in [1.807, 2.05) is 13.0 Å². The van der Waals surface area contributed by atoms with Crippen LogP contribution in [0.4, 0.5) is 0 Å². The predicted molar refractivity (Wildman–Crippen MR) is 65.1 cm³/mol. The topological polar surface area (TPSA) is 40.5 Å². The first-order valence-corrected chi connectivity index (χ1v) is 5.94. The number of likely N-dealkylation sites (tertiary alicyclic amines) is 1. The molecule has 1 heterocycles. The van der Waals surface area contributed by atoms with Crippen LogP contribution in [0.2, 0.25) is 0 Å². The highest BCUT2D eigenvalue weighted by Gasteiger charge is 2.17. The van der Waals surface area contributed by atoms with Gasteiger partial charge in [-0.3, -0.25) is 0 Å². The highest BCUT2D eigenvalue weighted by Crippen LogP contribution is 2.21. The largest absolute Gasteiger partial charge is 0.478 e. The monoisotopic (exact) mass is 223 g/mol. The number of carboxylic acids is 1. The molecular weight excluding hydrogens is 202 g/mol. The van der Waals surface area contributed by atoms with Crippen LogP contribution in [0.25, 0.3) is 0 Å². The minimum atomic E-state index is -0.838. The standard InChI is InChI=1S/C13H21NO2/c1-3-6-11(2)9-12(10-13(15)16)14-7-4-5-8-14/h3,6,10-11H,4-5,7-9H2,1-2H3,(H,15,16)/b6-3+,12-10-/t11-/m1/s1. The van der Waals surface area contributed by atoms with Crippen LogP contribution in [-0.2, 0) is 4.79 Å². The van der Waals surface area contributed by atoms with Gasteiger partial charge in [-0.2, -0.15) is 0 Å². The average Bonchev–Trinajstić information content (AvgIpc) is 2.68. The van der Waals surface area contributed by atoms with E-state index in [0.717, 1.165) is 25.2 Å². The van der Waals surface area contributed by atoms with E-state index in [4.69, 9.17) is 5.11 Å². The third-order valence-electron chi connectivity index (χ3n) is 2.85. The molecule has 1 N–H and O–H groups in total. The first-order valence-electron chi connectivity index (χ1n) is 5.94. The zero-order chi connectivity index (χ0) is 12.0. The number of carboxylic acid groups (broad SMARTS) is 1. The van der Waals surface area contributed by atoms with Crippen LogP contribution in [-0.4, -0.2) is 29.1 Å². The Bertz CT molecular complexity index is 288. The first-order chi connectivity index (χ1) is 7.63. The Hall–Kier alpha value is -1.25. The Balaban J connectivity index is 2.67. The maximum atomic E-state index is 10.8. The number of hydrogen-bond acceptors (Lipinski definition) is 2. The molecule has 0 radical (unpaired) electrons. The summed E-state index contributed by atoms with van der Waals surface area (Å²) >= 11 is 0. The maximum absolute atomic E-state index is 10.8. The molecule has 0 aromatic heterocycles. The second kappa shape index (κ2) is 6.36. The van der Waals surface area contributed by atoms with Crippen LogP contribution in [0.1, 0.15) is 33.1 Å². The lowest BCUT2D eigenvalue weighted by molar-refractivity contribution is -0.131. The van der Waals surface area contributed by atoms with Crippen molar-refractivity contribution in [2.45, 2.75) is 33.1 Å². The number of nitrogens with zero attached hydrogens (tertiary/aromatic N) is 1. The van der Waals surface area contributed by atoms with E-state index in [1.165, 1.54) is 18.9 Å². The van der Waals surface area contributed by atoms with Crippen molar-refractivity contribution in [3.05, 3.63) is 23.9 Å². The fourth-order valence-corrected chi connectivity index (χ4v) is 2.15. The van der Waals surface area contributed by atoms with Gasteiger partial charge in [-0.25, -0.2) is 4.79 Å². The molecule has 90 valence electrons. The number of allylic oxidation sites excluding steroid dienone is 3. The molecule has 1 aliphatic heterocycles. The molecule has 1 aliphatic rings. The summed E-state index contributed by atoms with van der Waals surface area (Å²) in [6, 6.07) is 0. The van der Waals surface area contributed by atoms with Gasteiger partial charge >= 0.3 is 5.97 Å². The van der Waals surface area contributed by atoms with Crippen molar-refractivity contribution in [1.82, 2.24) is 4.90 Å². The van der Waals surface area contributed by atoms with E-state index in [9.17, 15) is 4.79 Å². The second-order valence-electron chi connectivity index (χ2n) is 4.38. The van der Waals surface area contributed by atoms with Gasteiger partial charge in [-0.1, -0.05) is 19.1 Å². The van der Waals surface area contributed by atoms with Crippen molar-refractivity contribution in [3.8, 4) is 0 Å². The highest BCUT2D eigenvalue weighted by atomic mass is 16.4. The molecule has 0 saturated carbocycles. The second-order valence-corrected chi connectivity index (χ2v) is 4.38. The molecule has 1 atom stereocenters. The van der Waals surface area contributed by atoms with Gasteiger partial charge in [0.05, 0.1) is 0 Å². The van der Waals surface area contributed by atoms with E-state index in [2.05, 4.69) is 17.9 Å². The molecule has 0 aromatic carbocycles. The summed E-state index contributed by atoms with van der Waals surface area (Å²) in [7, 11) is 0. The number of aliphatic carboxylic acids is 1. The fraction of sp³-hybridized carbons (Fsp3) is 0.615. The molecule has 1 fully saturated rings. The third kappa shape index (κ3) is 4.09. The Labute approximate surface area is 97.4 Å². The van der Waals surface area contributed by atoms with Gasteiger partial charge in [0, 0.05) is 24.9 Å². The van der Waals surface area contributed by atoms with Gasteiger partial charge in [-0.15, -0.1) is 0 Å². The minimum Gasteiger partial charge on any atom is -0.478 e. The van der Waals surface area contributed by atoms with Crippen molar-refractivity contribution < 1.29 is 9.90 Å². The fourth-order valence-electron chi connectivity index (χ4n) is 2.15. The van der Waals surface area contributed by atoms with E-state index in [-0.39, 0.29) is 0 Å². The molecular formula is C13H21NO2. The van der Waals surface area contributed by atoms with Crippen LogP contribution >= 0.6 is 0 Å². The summed E-state index contributed by atoms with van der Waals surface area (Å²) in [5.41, 5.74) is 0.968. The molecule has 0 spiro atoms. The summed E-state index contributed by atoms with van der Waals surface area (Å²) in [6.45, 7) is 6.11. The summed E-state index contributed by atoms with van der Waals surface area (Å²) < 4.78 is 0. The summed E-state index contributed by atoms with van der Waals surface area (Å²) in [6.07, 6.45) is 8.67. The Kier molecular flexibility index (Phi) is 5.09. The van der Waals surface area contributed by atoms with E-state index in [1.54, 1.807) is 0 Å².